The lowest BCUT2D eigenvalue weighted by Crippen LogP contribution is -2.46. The van der Waals surface area contributed by atoms with Crippen LogP contribution in [0, 0.1) is 0 Å². The number of aliphatic hydroxyl groups is 1. The van der Waals surface area contributed by atoms with Crippen molar-refractivity contribution in [1.82, 2.24) is 14.8 Å². The number of amides is 3. The Labute approximate surface area is 176 Å². The number of carbonyl (C=O) groups is 2. The molecule has 0 radical (unpaired) electrons. The van der Waals surface area contributed by atoms with E-state index in [1.54, 1.807) is 16.0 Å². The van der Waals surface area contributed by atoms with Crippen molar-refractivity contribution in [3.8, 4) is 0 Å². The summed E-state index contributed by atoms with van der Waals surface area (Å²) in [4.78, 5) is 32.7. The number of hydrogen-bond acceptors (Lipinski definition) is 4. The van der Waals surface area contributed by atoms with Gasteiger partial charge in [0, 0.05) is 26.2 Å². The van der Waals surface area contributed by atoms with Crippen LogP contribution in [0.3, 0.4) is 0 Å². The van der Waals surface area contributed by atoms with E-state index in [1.165, 1.54) is 25.0 Å². The highest BCUT2D eigenvalue weighted by Crippen LogP contribution is 2.25. The molecule has 1 aromatic heterocycles. The molecule has 2 aliphatic heterocycles. The second-order valence-electron chi connectivity index (χ2n) is 8.28. The standard InChI is InChI=1S/C23H26N4O3/c1-23(2,30)21(28)26-11-9-16(10-12-26)20-8-7-19(13-24-20)25-22(29)27-14-17-5-3-4-6-18(17)15-27/h3-9,13,30H,10-12,14-15H2,1-2H3,(H,25,29). The maximum atomic E-state index is 12.6. The Kier molecular flexibility index (Phi) is 5.30. The van der Waals surface area contributed by atoms with E-state index < -0.39 is 5.60 Å². The van der Waals surface area contributed by atoms with Crippen molar-refractivity contribution < 1.29 is 14.7 Å². The molecule has 4 rings (SSSR count). The van der Waals surface area contributed by atoms with Gasteiger partial charge in [-0.25, -0.2) is 4.79 Å². The maximum Gasteiger partial charge on any atom is 0.322 e. The molecule has 3 heterocycles. The Morgan fingerprint density at radius 3 is 2.30 bits per heavy atom. The van der Waals surface area contributed by atoms with Gasteiger partial charge in [-0.2, -0.15) is 0 Å². The Morgan fingerprint density at radius 2 is 1.77 bits per heavy atom. The van der Waals surface area contributed by atoms with Crippen LogP contribution in [0.4, 0.5) is 10.5 Å². The van der Waals surface area contributed by atoms with Gasteiger partial charge in [0.15, 0.2) is 0 Å². The molecule has 156 valence electrons. The lowest BCUT2D eigenvalue weighted by molar-refractivity contribution is -0.147. The molecular weight excluding hydrogens is 380 g/mol. The number of nitrogens with one attached hydrogen (secondary N) is 1. The van der Waals surface area contributed by atoms with Crippen LogP contribution < -0.4 is 5.32 Å². The number of aromatic nitrogens is 1. The molecule has 2 aliphatic rings. The van der Waals surface area contributed by atoms with Crippen LogP contribution in [-0.4, -0.2) is 50.5 Å². The number of carbonyl (C=O) groups excluding carboxylic acids is 2. The van der Waals surface area contributed by atoms with Gasteiger partial charge in [0.25, 0.3) is 5.91 Å². The predicted octanol–water partition coefficient (Wildman–Crippen LogP) is 3.02. The Morgan fingerprint density at radius 1 is 1.07 bits per heavy atom. The lowest BCUT2D eigenvalue weighted by atomic mass is 10.0. The first-order valence-corrected chi connectivity index (χ1v) is 10.1. The molecule has 0 fully saturated rings. The quantitative estimate of drug-likeness (QED) is 0.821. The normalized spacial score (nSPS) is 16.2. The second kappa shape index (κ2) is 7.91. The topological polar surface area (TPSA) is 85.8 Å². The summed E-state index contributed by atoms with van der Waals surface area (Å²) in [6, 6.07) is 11.7. The number of fused-ring (bicyclic) bond motifs is 1. The number of nitrogens with zero attached hydrogens (tertiary/aromatic N) is 3. The first-order valence-electron chi connectivity index (χ1n) is 10.1. The van der Waals surface area contributed by atoms with Crippen molar-refractivity contribution in [2.75, 3.05) is 18.4 Å². The molecule has 0 saturated heterocycles. The first-order chi connectivity index (χ1) is 14.3. The minimum absolute atomic E-state index is 0.140. The molecule has 0 bridgehead atoms. The third kappa shape index (κ3) is 4.21. The van der Waals surface area contributed by atoms with Crippen LogP contribution in [-0.2, 0) is 17.9 Å². The third-order valence-corrected chi connectivity index (χ3v) is 5.49. The zero-order valence-electron chi connectivity index (χ0n) is 17.3. The van der Waals surface area contributed by atoms with E-state index in [9.17, 15) is 14.7 Å². The van der Waals surface area contributed by atoms with Gasteiger partial charge in [-0.15, -0.1) is 0 Å². The Bertz CT molecular complexity index is 967. The fourth-order valence-electron chi connectivity index (χ4n) is 3.81. The highest BCUT2D eigenvalue weighted by Gasteiger charge is 2.30. The van der Waals surface area contributed by atoms with Crippen LogP contribution in [0.2, 0.25) is 0 Å². The predicted molar refractivity (Wildman–Crippen MR) is 114 cm³/mol. The molecule has 30 heavy (non-hydrogen) atoms. The van der Waals surface area contributed by atoms with Gasteiger partial charge in [-0.1, -0.05) is 30.3 Å². The molecule has 2 N–H and O–H groups in total. The number of rotatable bonds is 3. The fraction of sp³-hybridized carbons (Fsp3) is 0.348. The van der Waals surface area contributed by atoms with Crippen LogP contribution in [0.15, 0.2) is 48.7 Å². The zero-order chi connectivity index (χ0) is 21.3. The van der Waals surface area contributed by atoms with Gasteiger partial charge in [0.2, 0.25) is 0 Å². The van der Waals surface area contributed by atoms with Crippen molar-refractivity contribution in [3.63, 3.8) is 0 Å². The summed E-state index contributed by atoms with van der Waals surface area (Å²) in [5.41, 5.74) is 3.54. The highest BCUT2D eigenvalue weighted by atomic mass is 16.3. The molecule has 0 spiro atoms. The van der Waals surface area contributed by atoms with E-state index in [4.69, 9.17) is 0 Å². The Hall–Kier alpha value is -3.19. The van der Waals surface area contributed by atoms with Gasteiger partial charge in [0.1, 0.15) is 5.60 Å². The molecule has 7 nitrogen and oxygen atoms in total. The molecule has 2 aromatic rings. The summed E-state index contributed by atoms with van der Waals surface area (Å²) in [6.45, 7) is 5.23. The summed E-state index contributed by atoms with van der Waals surface area (Å²) in [6.07, 6.45) is 4.30. The molecular formula is C23H26N4O3. The van der Waals surface area contributed by atoms with Gasteiger partial charge in [-0.05, 0) is 49.1 Å². The molecule has 0 saturated carbocycles. The van der Waals surface area contributed by atoms with E-state index in [-0.39, 0.29) is 11.9 Å². The van der Waals surface area contributed by atoms with Crippen molar-refractivity contribution in [2.24, 2.45) is 0 Å². The molecule has 0 unspecified atom stereocenters. The summed E-state index contributed by atoms with van der Waals surface area (Å²) < 4.78 is 0. The van der Waals surface area contributed by atoms with Crippen molar-refractivity contribution >= 4 is 23.2 Å². The maximum absolute atomic E-state index is 12.6. The summed E-state index contributed by atoms with van der Waals surface area (Å²) in [5, 5.41) is 12.8. The molecule has 3 amide bonds. The summed E-state index contributed by atoms with van der Waals surface area (Å²) in [5.74, 6) is -0.270. The number of benzene rings is 1. The van der Waals surface area contributed by atoms with Crippen LogP contribution in [0.25, 0.3) is 5.57 Å². The van der Waals surface area contributed by atoms with E-state index in [0.717, 1.165) is 11.3 Å². The number of anilines is 1. The fourth-order valence-corrected chi connectivity index (χ4v) is 3.81. The van der Waals surface area contributed by atoms with E-state index in [0.29, 0.717) is 38.3 Å². The average molecular weight is 406 g/mol. The van der Waals surface area contributed by atoms with Crippen LogP contribution in [0.5, 0.6) is 0 Å². The minimum atomic E-state index is -1.36. The second-order valence-corrected chi connectivity index (χ2v) is 8.28. The lowest BCUT2D eigenvalue weighted by Gasteiger charge is -2.31. The van der Waals surface area contributed by atoms with Gasteiger partial charge < -0.3 is 20.2 Å². The SMILES string of the molecule is CC(C)(O)C(=O)N1CC=C(c2ccc(NC(=O)N3Cc4ccccc4C3)cn2)CC1. The number of hydrogen-bond donors (Lipinski definition) is 2. The van der Waals surface area contributed by atoms with Crippen molar-refractivity contribution in [1.29, 1.82) is 0 Å². The molecule has 1 aromatic carbocycles. The van der Waals surface area contributed by atoms with Crippen LogP contribution >= 0.6 is 0 Å². The highest BCUT2D eigenvalue weighted by molar-refractivity contribution is 5.89. The smallest absolute Gasteiger partial charge is 0.322 e. The zero-order valence-corrected chi connectivity index (χ0v) is 17.3. The van der Waals surface area contributed by atoms with Crippen molar-refractivity contribution in [2.45, 2.75) is 39.0 Å². The van der Waals surface area contributed by atoms with Gasteiger partial charge >= 0.3 is 6.03 Å². The number of urea groups is 1. The third-order valence-electron chi connectivity index (χ3n) is 5.49. The number of pyridine rings is 1. The molecule has 0 aliphatic carbocycles. The Balaban J connectivity index is 1.35. The summed E-state index contributed by atoms with van der Waals surface area (Å²) in [7, 11) is 0. The largest absolute Gasteiger partial charge is 0.381 e. The minimum Gasteiger partial charge on any atom is -0.381 e. The summed E-state index contributed by atoms with van der Waals surface area (Å²) >= 11 is 0. The van der Waals surface area contributed by atoms with Crippen molar-refractivity contribution in [3.05, 3.63) is 65.5 Å². The molecule has 7 heteroatoms. The van der Waals surface area contributed by atoms with Gasteiger partial charge in [0.05, 0.1) is 17.6 Å². The van der Waals surface area contributed by atoms with E-state index in [2.05, 4.69) is 10.3 Å². The first kappa shape index (κ1) is 20.1. The van der Waals surface area contributed by atoms with Gasteiger partial charge in [-0.3, -0.25) is 9.78 Å². The average Bonchev–Trinajstić information content (AvgIpc) is 3.18. The van der Waals surface area contributed by atoms with Crippen LogP contribution in [0.1, 0.15) is 37.1 Å². The van der Waals surface area contributed by atoms with E-state index in [1.807, 2.05) is 42.5 Å². The van der Waals surface area contributed by atoms with E-state index >= 15 is 0 Å². The molecule has 0 atom stereocenters. The monoisotopic (exact) mass is 406 g/mol.